The second kappa shape index (κ2) is 4.13. The number of aryl methyl sites for hydroxylation is 1. The molecule has 2 rings (SSSR count). The largest absolute Gasteiger partial charge is 0.481 e. The molecule has 2 heterocycles. The van der Waals surface area contributed by atoms with Crippen LogP contribution in [-0.2, 0) is 22.2 Å². The highest BCUT2D eigenvalue weighted by atomic mass is 16.4. The fraction of sp³-hybridized carbons (Fsp3) is 0.400. The third kappa shape index (κ3) is 1.92. The Morgan fingerprint density at radius 2 is 2.28 bits per heavy atom. The van der Waals surface area contributed by atoms with Crippen LogP contribution in [0.1, 0.15) is 18.5 Å². The van der Waals surface area contributed by atoms with Crippen LogP contribution in [0.25, 0.3) is 0 Å². The smallest absolute Gasteiger partial charge is 0.322 e. The minimum atomic E-state index is -1.39. The van der Waals surface area contributed by atoms with E-state index < -0.39 is 23.4 Å². The van der Waals surface area contributed by atoms with Crippen molar-refractivity contribution in [1.82, 2.24) is 20.2 Å². The normalized spacial score (nSPS) is 22.7. The molecule has 0 aliphatic carbocycles. The maximum atomic E-state index is 11.9. The number of carbonyl (C=O) groups excluding carboxylic acids is 2. The first-order chi connectivity index (χ1) is 8.44. The molecule has 18 heavy (non-hydrogen) atoms. The molecule has 1 atom stereocenters. The zero-order valence-electron chi connectivity index (χ0n) is 9.64. The Bertz CT molecular complexity index is 524. The summed E-state index contributed by atoms with van der Waals surface area (Å²) in [4.78, 5) is 37.8. The van der Waals surface area contributed by atoms with Crippen molar-refractivity contribution in [1.29, 1.82) is 0 Å². The second-order valence-corrected chi connectivity index (χ2v) is 4.13. The Morgan fingerprint density at radius 1 is 1.56 bits per heavy atom. The van der Waals surface area contributed by atoms with Gasteiger partial charge in [0.1, 0.15) is 0 Å². The van der Waals surface area contributed by atoms with Crippen molar-refractivity contribution in [3.8, 4) is 0 Å². The first-order valence-electron chi connectivity index (χ1n) is 5.28. The number of nitrogens with zero attached hydrogens (tertiary/aromatic N) is 2. The van der Waals surface area contributed by atoms with Crippen molar-refractivity contribution in [2.45, 2.75) is 18.4 Å². The van der Waals surface area contributed by atoms with Crippen LogP contribution < -0.4 is 10.6 Å². The van der Waals surface area contributed by atoms with Crippen LogP contribution in [0.2, 0.25) is 0 Å². The molecule has 1 aromatic heterocycles. The highest BCUT2D eigenvalue weighted by Gasteiger charge is 2.49. The minimum Gasteiger partial charge on any atom is -0.481 e. The number of urea groups is 1. The van der Waals surface area contributed by atoms with Gasteiger partial charge in [0.25, 0.3) is 5.91 Å². The van der Waals surface area contributed by atoms with Crippen molar-refractivity contribution in [2.24, 2.45) is 7.05 Å². The van der Waals surface area contributed by atoms with Crippen LogP contribution in [0, 0.1) is 0 Å². The minimum absolute atomic E-state index is 0.0447. The molecule has 0 aromatic carbocycles. The molecule has 1 aliphatic rings. The van der Waals surface area contributed by atoms with E-state index >= 15 is 0 Å². The molecule has 1 unspecified atom stereocenters. The molecule has 1 saturated heterocycles. The van der Waals surface area contributed by atoms with Gasteiger partial charge < -0.3 is 15.0 Å². The quantitative estimate of drug-likeness (QED) is 0.614. The highest BCUT2D eigenvalue weighted by Crippen LogP contribution is 2.28. The molecule has 0 bridgehead atoms. The van der Waals surface area contributed by atoms with E-state index in [0.29, 0.717) is 5.69 Å². The molecule has 1 aliphatic heterocycles. The van der Waals surface area contributed by atoms with E-state index in [1.807, 2.05) is 0 Å². The van der Waals surface area contributed by atoms with Gasteiger partial charge in [0.2, 0.25) is 0 Å². The van der Waals surface area contributed by atoms with E-state index in [1.54, 1.807) is 17.8 Å². The summed E-state index contributed by atoms with van der Waals surface area (Å²) in [5.41, 5.74) is -1.06. The summed E-state index contributed by atoms with van der Waals surface area (Å²) in [7, 11) is 1.72. The van der Waals surface area contributed by atoms with Gasteiger partial charge in [0.15, 0.2) is 5.54 Å². The lowest BCUT2D eigenvalue weighted by Gasteiger charge is -2.22. The van der Waals surface area contributed by atoms with E-state index in [4.69, 9.17) is 5.11 Å². The lowest BCUT2D eigenvalue weighted by Crippen LogP contribution is -2.44. The standard InChI is InChI=1S/C10H12N4O4/c1-14-4-6(11-5-14)10(3-2-7(15)16)8(17)12-9(18)13-10/h4-5H,2-3H2,1H3,(H,15,16)(H2,12,13,17,18). The number of carboxylic acids is 1. The average Bonchev–Trinajstić information content (AvgIpc) is 2.81. The van der Waals surface area contributed by atoms with Gasteiger partial charge in [-0.05, 0) is 6.42 Å². The molecular formula is C10H12N4O4. The summed E-state index contributed by atoms with van der Waals surface area (Å²) in [6.07, 6.45) is 2.77. The maximum Gasteiger partial charge on any atom is 0.322 e. The van der Waals surface area contributed by atoms with Crippen molar-refractivity contribution in [3.05, 3.63) is 18.2 Å². The number of aromatic nitrogens is 2. The fourth-order valence-corrected chi connectivity index (χ4v) is 1.90. The molecule has 3 N–H and O–H groups in total. The van der Waals surface area contributed by atoms with Gasteiger partial charge in [-0.15, -0.1) is 0 Å². The summed E-state index contributed by atoms with van der Waals surface area (Å²) in [5.74, 6) is -1.62. The van der Waals surface area contributed by atoms with Gasteiger partial charge in [0.05, 0.1) is 12.0 Å². The SMILES string of the molecule is Cn1cnc(C2(CCC(=O)O)NC(=O)NC2=O)c1. The van der Waals surface area contributed by atoms with Crippen molar-refractivity contribution >= 4 is 17.9 Å². The average molecular weight is 252 g/mol. The number of carbonyl (C=O) groups is 3. The topological polar surface area (TPSA) is 113 Å². The van der Waals surface area contributed by atoms with Gasteiger partial charge in [-0.3, -0.25) is 14.9 Å². The monoisotopic (exact) mass is 252 g/mol. The molecule has 0 saturated carbocycles. The first kappa shape index (κ1) is 12.1. The fourth-order valence-electron chi connectivity index (χ4n) is 1.90. The van der Waals surface area contributed by atoms with Crippen LogP contribution >= 0.6 is 0 Å². The summed E-state index contributed by atoms with van der Waals surface area (Å²) in [5, 5.41) is 13.3. The number of imidazole rings is 1. The number of rotatable bonds is 4. The Kier molecular flexibility index (Phi) is 2.77. The zero-order chi connectivity index (χ0) is 13.3. The second-order valence-electron chi connectivity index (χ2n) is 4.13. The summed E-state index contributed by atoms with van der Waals surface area (Å²) >= 11 is 0. The molecule has 8 heteroatoms. The third-order valence-corrected chi connectivity index (χ3v) is 2.80. The number of hydrogen-bond acceptors (Lipinski definition) is 4. The number of carboxylic acid groups (broad SMARTS) is 1. The summed E-state index contributed by atoms with van der Waals surface area (Å²) in [6.45, 7) is 0. The lowest BCUT2D eigenvalue weighted by molar-refractivity contribution is -0.137. The van der Waals surface area contributed by atoms with Gasteiger partial charge in [-0.2, -0.15) is 0 Å². The van der Waals surface area contributed by atoms with E-state index in [0.717, 1.165) is 0 Å². The van der Waals surface area contributed by atoms with Gasteiger partial charge in [0, 0.05) is 19.7 Å². The Morgan fingerprint density at radius 3 is 2.72 bits per heavy atom. The molecule has 0 radical (unpaired) electrons. The van der Waals surface area contributed by atoms with Crippen molar-refractivity contribution in [2.75, 3.05) is 0 Å². The van der Waals surface area contributed by atoms with E-state index in [2.05, 4.69) is 15.6 Å². The van der Waals surface area contributed by atoms with Crippen molar-refractivity contribution in [3.63, 3.8) is 0 Å². The Balaban J connectivity index is 2.37. The molecule has 1 fully saturated rings. The van der Waals surface area contributed by atoms with Crippen LogP contribution in [0.15, 0.2) is 12.5 Å². The van der Waals surface area contributed by atoms with Crippen LogP contribution in [0.5, 0.6) is 0 Å². The molecule has 1 aromatic rings. The third-order valence-electron chi connectivity index (χ3n) is 2.80. The number of nitrogens with one attached hydrogen (secondary N) is 2. The molecule has 8 nitrogen and oxygen atoms in total. The summed E-state index contributed by atoms with van der Waals surface area (Å²) in [6, 6.07) is -0.643. The Hall–Kier alpha value is -2.38. The van der Waals surface area contributed by atoms with Gasteiger partial charge in [-0.25, -0.2) is 9.78 Å². The van der Waals surface area contributed by atoms with Crippen LogP contribution in [0.3, 0.4) is 0 Å². The highest BCUT2D eigenvalue weighted by molar-refractivity contribution is 6.07. The lowest BCUT2D eigenvalue weighted by atomic mass is 9.90. The Labute approximate surface area is 102 Å². The number of aliphatic carboxylic acids is 1. The summed E-state index contributed by atoms with van der Waals surface area (Å²) < 4.78 is 1.62. The van der Waals surface area contributed by atoms with E-state index in [1.165, 1.54) is 6.33 Å². The van der Waals surface area contributed by atoms with Crippen LogP contribution in [0.4, 0.5) is 4.79 Å². The molecule has 3 amide bonds. The molecule has 96 valence electrons. The number of imide groups is 1. The zero-order valence-corrected chi connectivity index (χ0v) is 9.64. The number of amides is 3. The van der Waals surface area contributed by atoms with Gasteiger partial charge >= 0.3 is 12.0 Å². The maximum absolute atomic E-state index is 11.9. The van der Waals surface area contributed by atoms with Crippen molar-refractivity contribution < 1.29 is 19.5 Å². The van der Waals surface area contributed by atoms with E-state index in [-0.39, 0.29) is 12.8 Å². The molecular weight excluding hydrogens is 240 g/mol. The first-order valence-corrected chi connectivity index (χ1v) is 5.28. The van der Waals surface area contributed by atoms with Crippen LogP contribution in [-0.4, -0.2) is 32.6 Å². The number of hydrogen-bond donors (Lipinski definition) is 3. The molecule has 0 spiro atoms. The predicted octanol–water partition coefficient (Wildman–Crippen LogP) is -0.680. The predicted molar refractivity (Wildman–Crippen MR) is 58.4 cm³/mol. The van der Waals surface area contributed by atoms with Gasteiger partial charge in [-0.1, -0.05) is 0 Å². The van der Waals surface area contributed by atoms with E-state index in [9.17, 15) is 14.4 Å².